The van der Waals surface area contributed by atoms with Crippen LogP contribution < -0.4 is 24.8 Å². The molecule has 10 nitrogen and oxygen atoms in total. The second-order valence-corrected chi connectivity index (χ2v) is 14.1. The zero-order valence-corrected chi connectivity index (χ0v) is 28.8. The zero-order valence-electron chi connectivity index (χ0n) is 28.8. The lowest BCUT2D eigenvalue weighted by molar-refractivity contribution is -0.117. The Balaban J connectivity index is 1.27. The Morgan fingerprint density at radius 1 is 1.22 bits per heavy atom. The molecule has 0 saturated carbocycles. The molecule has 2 saturated heterocycles. The summed E-state index contributed by atoms with van der Waals surface area (Å²) in [5.74, 6) is 3.23. The van der Waals surface area contributed by atoms with E-state index in [4.69, 9.17) is 21.1 Å². The van der Waals surface area contributed by atoms with Crippen molar-refractivity contribution >= 4 is 29.3 Å². The summed E-state index contributed by atoms with van der Waals surface area (Å²) in [4.78, 5) is 32.7. The third-order valence-corrected chi connectivity index (χ3v) is 10.4. The molecule has 5 heterocycles. The fourth-order valence-electron chi connectivity index (χ4n) is 7.97. The summed E-state index contributed by atoms with van der Waals surface area (Å²) in [6, 6.07) is 8.66. The number of nitrogens with one attached hydrogen (secondary N) is 1. The van der Waals surface area contributed by atoms with Crippen LogP contribution in [0.25, 0.3) is 6.08 Å². The fourth-order valence-corrected chi connectivity index (χ4v) is 7.97. The number of aliphatic hydroxyl groups excluding tert-OH is 1. The molecule has 1 unspecified atom stereocenters. The van der Waals surface area contributed by atoms with E-state index in [0.29, 0.717) is 43.0 Å². The molecule has 51 heavy (non-hydrogen) atoms. The molecular weight excluding hydrogens is 652 g/mol. The van der Waals surface area contributed by atoms with E-state index < -0.39 is 23.6 Å². The van der Waals surface area contributed by atoms with Crippen LogP contribution in [0.1, 0.15) is 61.4 Å². The molecule has 0 bridgehead atoms. The Morgan fingerprint density at radius 2 is 2.08 bits per heavy atom. The first-order valence-corrected chi connectivity index (χ1v) is 17.6. The Bertz CT molecular complexity index is 1880. The van der Waals surface area contributed by atoms with E-state index in [0.717, 1.165) is 48.4 Å². The van der Waals surface area contributed by atoms with Gasteiger partial charge in [-0.05, 0) is 74.9 Å². The highest BCUT2D eigenvalue weighted by Crippen LogP contribution is 2.40. The number of pyridine rings is 1. The minimum atomic E-state index is -1.05. The topological polar surface area (TPSA) is 107 Å². The number of fused-ring (bicyclic) bond motifs is 2. The van der Waals surface area contributed by atoms with E-state index in [2.05, 4.69) is 27.7 Å². The van der Waals surface area contributed by atoms with Gasteiger partial charge in [0.05, 0.1) is 35.1 Å². The monoisotopic (exact) mass is 695 g/mol. The first-order valence-electron chi connectivity index (χ1n) is 17.6. The van der Waals surface area contributed by atoms with Gasteiger partial charge in [0.1, 0.15) is 30.2 Å². The lowest BCUT2D eigenvalue weighted by atomic mass is 9.92. The van der Waals surface area contributed by atoms with Crippen molar-refractivity contribution in [2.45, 2.75) is 75.7 Å². The van der Waals surface area contributed by atoms with Crippen molar-refractivity contribution in [2.24, 2.45) is 0 Å². The van der Waals surface area contributed by atoms with Crippen LogP contribution in [0, 0.1) is 18.2 Å². The highest BCUT2D eigenvalue weighted by molar-refractivity contribution is 5.87. The maximum atomic E-state index is 15.0. The van der Waals surface area contributed by atoms with Gasteiger partial charge in [-0.25, -0.2) is 13.8 Å². The smallest absolute Gasteiger partial charge is 0.319 e. The van der Waals surface area contributed by atoms with Crippen LogP contribution in [-0.4, -0.2) is 82.6 Å². The number of nitrogens with zero attached hydrogens (tertiary/aromatic N) is 6. The molecule has 2 aromatic heterocycles. The van der Waals surface area contributed by atoms with Crippen LogP contribution in [0.15, 0.2) is 54.9 Å². The largest absolute Gasteiger partial charge is 0.461 e. The Hall–Kier alpha value is -5.02. The first kappa shape index (κ1) is 34.4. The normalized spacial score (nSPS) is 24.5. The molecule has 12 heteroatoms. The van der Waals surface area contributed by atoms with Gasteiger partial charge < -0.3 is 29.9 Å². The summed E-state index contributed by atoms with van der Waals surface area (Å²) in [5.41, 5.74) is 3.27. The van der Waals surface area contributed by atoms with Gasteiger partial charge in [0.25, 0.3) is 0 Å². The number of rotatable bonds is 8. The number of aliphatic hydroxyl groups is 1. The maximum Gasteiger partial charge on any atom is 0.319 e. The van der Waals surface area contributed by atoms with Crippen LogP contribution in [0.3, 0.4) is 0 Å². The lowest BCUT2D eigenvalue weighted by Crippen LogP contribution is -2.46. The molecular formula is C39H43F2N7O3. The Morgan fingerprint density at radius 3 is 2.86 bits per heavy atom. The summed E-state index contributed by atoms with van der Waals surface area (Å²) in [7, 11) is 0. The van der Waals surface area contributed by atoms with Crippen LogP contribution in [-0.2, 0) is 17.6 Å². The average molecular weight is 696 g/mol. The number of alkyl halides is 1. The third-order valence-electron chi connectivity index (χ3n) is 10.4. The summed E-state index contributed by atoms with van der Waals surface area (Å²) < 4.78 is 36.4. The van der Waals surface area contributed by atoms with Crippen LogP contribution in [0.5, 0.6) is 6.01 Å². The fraction of sp³-hybridized carbons (Fsp3) is 0.436. The van der Waals surface area contributed by atoms with Crippen molar-refractivity contribution in [1.82, 2.24) is 20.3 Å². The van der Waals surface area contributed by atoms with Gasteiger partial charge in [-0.1, -0.05) is 24.6 Å². The Kier molecular flexibility index (Phi) is 9.66. The molecule has 4 atom stereocenters. The molecule has 266 valence electrons. The number of anilines is 3. The molecule has 2 N–H and O–H groups in total. The van der Waals surface area contributed by atoms with E-state index in [9.17, 15) is 18.7 Å². The van der Waals surface area contributed by atoms with Crippen LogP contribution in [0.2, 0.25) is 0 Å². The number of benzene rings is 1. The number of ether oxygens (including phenoxy) is 1. The van der Waals surface area contributed by atoms with E-state index >= 15 is 0 Å². The number of hydrogen-bond acceptors (Lipinski definition) is 9. The van der Waals surface area contributed by atoms with Gasteiger partial charge >= 0.3 is 6.01 Å². The second kappa shape index (κ2) is 14.3. The van der Waals surface area contributed by atoms with E-state index in [1.165, 1.54) is 12.1 Å². The maximum absolute atomic E-state index is 15.0. The average Bonchev–Trinajstić information content (AvgIpc) is 3.27. The summed E-state index contributed by atoms with van der Waals surface area (Å²) in [5, 5.41) is 13.9. The molecule has 7 rings (SSSR count). The number of amides is 1. The molecule has 1 aliphatic carbocycles. The molecule has 4 aliphatic rings. The van der Waals surface area contributed by atoms with Gasteiger partial charge in [-0.15, -0.1) is 6.42 Å². The van der Waals surface area contributed by atoms with Gasteiger partial charge in [-0.2, -0.15) is 9.97 Å². The standard InChI is InChI=1S/C39H43F2N7O3/c1-4-30-32(41)15-12-25-18-29(49)23-47(36(25)30)28-13-14-31-33(19-28)44-38(45-37(31)46-17-9-7-10-27(22-46)43-35(50)5-2)51-24-39(3)20-26(40)21-48(39)34-11-6-8-16-42-34/h1,5-6,8,11-12,15-16,19,26-27,29,49H,2,7,9-10,13-14,17-18,20-24H2,3H3,(H,43,50)/t26-,27?,29-,39+/m1/s1. The predicted molar refractivity (Wildman–Crippen MR) is 193 cm³/mol. The number of carbonyl (C=O) groups is 1. The quantitative estimate of drug-likeness (QED) is 0.255. The van der Waals surface area contributed by atoms with Gasteiger partial charge in [0, 0.05) is 56.0 Å². The number of halogens is 2. The number of carbonyl (C=O) groups excluding carboxylic acids is 1. The van der Waals surface area contributed by atoms with Crippen LogP contribution >= 0.6 is 0 Å². The molecule has 0 radical (unpaired) electrons. The number of terminal acetylenes is 1. The predicted octanol–water partition coefficient (Wildman–Crippen LogP) is 4.75. The highest BCUT2D eigenvalue weighted by Gasteiger charge is 2.44. The van der Waals surface area contributed by atoms with Crippen LogP contribution in [0.4, 0.5) is 26.1 Å². The van der Waals surface area contributed by atoms with Gasteiger partial charge in [-0.3, -0.25) is 4.79 Å². The molecule has 2 fully saturated rings. The molecule has 1 aromatic carbocycles. The number of hydrogen-bond donors (Lipinski definition) is 2. The first-order chi connectivity index (χ1) is 24.7. The molecule has 0 spiro atoms. The van der Waals surface area contributed by atoms with Crippen molar-refractivity contribution in [3.63, 3.8) is 0 Å². The Labute approximate surface area is 297 Å². The number of allylic oxidation sites excluding steroid dienone is 1. The summed E-state index contributed by atoms with van der Waals surface area (Å²) in [6.45, 7) is 7.43. The van der Waals surface area contributed by atoms with Crippen molar-refractivity contribution in [3.05, 3.63) is 83.1 Å². The van der Waals surface area contributed by atoms with Crippen molar-refractivity contribution in [1.29, 1.82) is 0 Å². The second-order valence-electron chi connectivity index (χ2n) is 14.1. The van der Waals surface area contributed by atoms with E-state index in [-0.39, 0.29) is 49.6 Å². The molecule has 3 aliphatic heterocycles. The molecule has 1 amide bonds. The third kappa shape index (κ3) is 7.00. The summed E-state index contributed by atoms with van der Waals surface area (Å²) >= 11 is 0. The van der Waals surface area contributed by atoms with Gasteiger partial charge in [0.15, 0.2) is 0 Å². The highest BCUT2D eigenvalue weighted by atomic mass is 19.1. The molecule has 3 aromatic rings. The SMILES string of the molecule is C#Cc1c(F)ccc2c1N(C1=Cc3nc(OC[C@]4(C)C[C@@H](F)CN4c4ccccn4)nc(N4CCCCC(NC(=O)C=C)C4)c3CC1)C[C@H](O)C2. The van der Waals surface area contributed by atoms with Crippen molar-refractivity contribution in [3.8, 4) is 18.4 Å². The number of aromatic nitrogens is 3. The van der Waals surface area contributed by atoms with E-state index in [1.54, 1.807) is 12.3 Å². The van der Waals surface area contributed by atoms with Gasteiger partial charge in [0.2, 0.25) is 5.91 Å². The lowest BCUT2D eigenvalue weighted by Gasteiger charge is -2.38. The van der Waals surface area contributed by atoms with E-state index in [1.807, 2.05) is 41.0 Å². The van der Waals surface area contributed by atoms with Crippen molar-refractivity contribution < 1.29 is 23.4 Å². The zero-order chi connectivity index (χ0) is 35.7. The minimum Gasteiger partial charge on any atom is -0.461 e. The summed E-state index contributed by atoms with van der Waals surface area (Å²) in [6.07, 6.45) is 13.5. The number of β-amino-alcohol motifs (C(OH)–C–C–N with tert-alkyl or cyclic N) is 1. The van der Waals surface area contributed by atoms with Crippen molar-refractivity contribution in [2.75, 3.05) is 47.5 Å². The minimum absolute atomic E-state index is 0.100.